The van der Waals surface area contributed by atoms with Gasteiger partial charge >= 0.3 is 5.97 Å². The van der Waals surface area contributed by atoms with Crippen molar-refractivity contribution in [1.82, 2.24) is 20.2 Å². The number of amides is 2. The summed E-state index contributed by atoms with van der Waals surface area (Å²) in [6.07, 6.45) is 3.10. The Morgan fingerprint density at radius 2 is 2.24 bits per heavy atom. The lowest BCUT2D eigenvalue weighted by Crippen LogP contribution is -2.56. The van der Waals surface area contributed by atoms with E-state index in [0.29, 0.717) is 25.1 Å². The van der Waals surface area contributed by atoms with Gasteiger partial charge in [0.25, 0.3) is 0 Å². The van der Waals surface area contributed by atoms with E-state index in [0.717, 1.165) is 0 Å². The van der Waals surface area contributed by atoms with Gasteiger partial charge in [-0.1, -0.05) is 0 Å². The number of carboxylic acids is 1. The highest BCUT2D eigenvalue weighted by atomic mass is 16.4. The smallest absolute Gasteiger partial charge is 0.328 e. The van der Waals surface area contributed by atoms with Gasteiger partial charge in [0.1, 0.15) is 6.04 Å². The van der Waals surface area contributed by atoms with Crippen LogP contribution < -0.4 is 11.1 Å². The fourth-order valence-electron chi connectivity index (χ4n) is 2.87. The van der Waals surface area contributed by atoms with E-state index < -0.39 is 36.1 Å². The van der Waals surface area contributed by atoms with Gasteiger partial charge in [-0.05, 0) is 19.8 Å². The molecule has 1 aromatic rings. The molecule has 10 heteroatoms. The summed E-state index contributed by atoms with van der Waals surface area (Å²) in [6, 6.07) is -3.05. The maximum Gasteiger partial charge on any atom is 0.328 e. The van der Waals surface area contributed by atoms with Crippen molar-refractivity contribution in [2.45, 2.75) is 50.4 Å². The second kappa shape index (κ2) is 8.08. The van der Waals surface area contributed by atoms with E-state index in [1.165, 1.54) is 18.2 Å². The van der Waals surface area contributed by atoms with Gasteiger partial charge in [-0.15, -0.1) is 0 Å². The molecule has 2 amide bonds. The van der Waals surface area contributed by atoms with Crippen molar-refractivity contribution in [3.63, 3.8) is 0 Å². The number of H-pyrrole nitrogens is 1. The number of likely N-dealkylation sites (tertiary alicyclic amines) is 1. The number of hydrogen-bond acceptors (Lipinski definition) is 6. The SMILES string of the molecule is C[C@@H](O)[C@H](NC(=O)[C@@H]1CCCN1C(=O)[C@@H](N)Cc1cnc[nH]1)C(=O)O. The number of carbonyl (C=O) groups is 3. The van der Waals surface area contributed by atoms with Crippen LogP contribution in [-0.2, 0) is 20.8 Å². The number of rotatable bonds is 7. The molecule has 0 radical (unpaired) electrons. The molecule has 138 valence electrons. The number of carbonyl (C=O) groups excluding carboxylic acids is 2. The second-order valence-electron chi connectivity index (χ2n) is 6.14. The number of aromatic amines is 1. The first kappa shape index (κ1) is 18.9. The lowest BCUT2D eigenvalue weighted by molar-refractivity contribution is -0.146. The van der Waals surface area contributed by atoms with Crippen molar-refractivity contribution in [2.24, 2.45) is 5.73 Å². The van der Waals surface area contributed by atoms with E-state index in [-0.39, 0.29) is 12.3 Å². The molecule has 1 saturated heterocycles. The molecule has 1 aliphatic heterocycles. The molecule has 0 spiro atoms. The third-order valence-corrected chi connectivity index (χ3v) is 4.20. The minimum Gasteiger partial charge on any atom is -0.480 e. The Labute approximate surface area is 144 Å². The number of imidazole rings is 1. The third-order valence-electron chi connectivity index (χ3n) is 4.20. The van der Waals surface area contributed by atoms with Gasteiger partial charge < -0.3 is 31.1 Å². The zero-order chi connectivity index (χ0) is 18.6. The number of aromatic nitrogens is 2. The number of hydrogen-bond donors (Lipinski definition) is 5. The number of aliphatic hydroxyl groups is 1. The minimum atomic E-state index is -1.43. The van der Waals surface area contributed by atoms with Gasteiger partial charge in [0.2, 0.25) is 11.8 Å². The maximum atomic E-state index is 12.6. The van der Waals surface area contributed by atoms with Crippen molar-refractivity contribution in [3.05, 3.63) is 18.2 Å². The average Bonchev–Trinajstić information content (AvgIpc) is 3.22. The Bertz CT molecular complexity index is 618. The maximum absolute atomic E-state index is 12.6. The average molecular weight is 353 g/mol. The van der Waals surface area contributed by atoms with Gasteiger partial charge in [-0.3, -0.25) is 9.59 Å². The lowest BCUT2D eigenvalue weighted by atomic mass is 10.1. The predicted octanol–water partition coefficient (Wildman–Crippen LogP) is -1.78. The number of nitrogens with two attached hydrogens (primary N) is 1. The van der Waals surface area contributed by atoms with Gasteiger partial charge in [0.05, 0.1) is 18.5 Å². The highest BCUT2D eigenvalue weighted by Gasteiger charge is 2.38. The zero-order valence-corrected chi connectivity index (χ0v) is 13.9. The molecule has 25 heavy (non-hydrogen) atoms. The lowest BCUT2D eigenvalue weighted by Gasteiger charge is -2.28. The van der Waals surface area contributed by atoms with E-state index in [4.69, 9.17) is 10.8 Å². The normalized spacial score (nSPS) is 20.8. The third kappa shape index (κ3) is 4.54. The fraction of sp³-hybridized carbons (Fsp3) is 0.600. The molecule has 0 aromatic carbocycles. The van der Waals surface area contributed by atoms with Crippen molar-refractivity contribution < 1.29 is 24.6 Å². The van der Waals surface area contributed by atoms with E-state index in [1.807, 2.05) is 0 Å². The summed E-state index contributed by atoms with van der Waals surface area (Å²) in [7, 11) is 0. The first-order valence-electron chi connectivity index (χ1n) is 8.05. The molecule has 10 nitrogen and oxygen atoms in total. The summed E-state index contributed by atoms with van der Waals surface area (Å²) >= 11 is 0. The number of carboxylic acid groups (broad SMARTS) is 1. The summed E-state index contributed by atoms with van der Waals surface area (Å²) < 4.78 is 0. The van der Waals surface area contributed by atoms with Crippen LogP contribution in [0, 0.1) is 0 Å². The van der Waals surface area contributed by atoms with Crippen LogP contribution in [0.2, 0.25) is 0 Å². The molecule has 0 unspecified atom stereocenters. The van der Waals surface area contributed by atoms with Crippen LogP contribution in [0.3, 0.4) is 0 Å². The number of nitrogens with zero attached hydrogens (tertiary/aromatic N) is 2. The summed E-state index contributed by atoms with van der Waals surface area (Å²) in [5, 5.41) is 20.8. The van der Waals surface area contributed by atoms with E-state index in [9.17, 15) is 19.5 Å². The first-order valence-corrected chi connectivity index (χ1v) is 8.05. The van der Waals surface area contributed by atoms with Gasteiger partial charge in [0.15, 0.2) is 6.04 Å². The summed E-state index contributed by atoms with van der Waals surface area (Å²) in [5.74, 6) is -2.32. The molecule has 2 heterocycles. The van der Waals surface area contributed by atoms with Gasteiger partial charge in [0, 0.05) is 24.9 Å². The summed E-state index contributed by atoms with van der Waals surface area (Å²) in [5.41, 5.74) is 6.65. The molecule has 1 aromatic heterocycles. The Morgan fingerprint density at radius 1 is 1.52 bits per heavy atom. The zero-order valence-electron chi connectivity index (χ0n) is 13.9. The molecule has 1 fully saturated rings. The van der Waals surface area contributed by atoms with Crippen LogP contribution >= 0.6 is 0 Å². The quantitative estimate of drug-likeness (QED) is 0.387. The first-order chi connectivity index (χ1) is 11.8. The van der Waals surface area contributed by atoms with Crippen LogP contribution in [0.15, 0.2) is 12.5 Å². The van der Waals surface area contributed by atoms with Crippen molar-refractivity contribution in [1.29, 1.82) is 0 Å². The highest BCUT2D eigenvalue weighted by molar-refractivity contribution is 5.92. The van der Waals surface area contributed by atoms with Crippen molar-refractivity contribution >= 4 is 17.8 Å². The van der Waals surface area contributed by atoms with E-state index >= 15 is 0 Å². The Kier molecular flexibility index (Phi) is 6.10. The fourth-order valence-corrected chi connectivity index (χ4v) is 2.87. The Hall–Kier alpha value is -2.46. The van der Waals surface area contributed by atoms with E-state index in [2.05, 4.69) is 15.3 Å². The molecule has 0 bridgehead atoms. The topological polar surface area (TPSA) is 162 Å². The van der Waals surface area contributed by atoms with Gasteiger partial charge in [-0.2, -0.15) is 0 Å². The molecule has 0 aliphatic carbocycles. The predicted molar refractivity (Wildman–Crippen MR) is 86.2 cm³/mol. The molecule has 6 N–H and O–H groups in total. The standard InChI is InChI=1S/C15H23N5O5/c1-8(21)12(15(24)25)19-13(22)11-3-2-4-20(11)14(23)10(16)5-9-6-17-7-18-9/h6-8,10-12,21H,2-5,16H2,1H3,(H,17,18)(H,19,22)(H,24,25)/t8-,10+,11+,12+/m1/s1. The largest absolute Gasteiger partial charge is 0.480 e. The molecule has 4 atom stereocenters. The number of aliphatic carboxylic acids is 1. The molecule has 0 saturated carbocycles. The van der Waals surface area contributed by atoms with Crippen LogP contribution in [0.25, 0.3) is 0 Å². The molecule has 2 rings (SSSR count). The Balaban J connectivity index is 2.01. The minimum absolute atomic E-state index is 0.259. The molecular formula is C15H23N5O5. The van der Waals surface area contributed by atoms with Crippen molar-refractivity contribution in [2.75, 3.05) is 6.54 Å². The van der Waals surface area contributed by atoms with Crippen LogP contribution in [0.5, 0.6) is 0 Å². The Morgan fingerprint density at radius 3 is 2.80 bits per heavy atom. The van der Waals surface area contributed by atoms with E-state index in [1.54, 1.807) is 6.20 Å². The molecular weight excluding hydrogens is 330 g/mol. The summed E-state index contributed by atoms with van der Waals surface area (Å²) in [4.78, 5) is 44.1. The monoisotopic (exact) mass is 353 g/mol. The van der Waals surface area contributed by atoms with Gasteiger partial charge in [-0.25, -0.2) is 9.78 Å². The second-order valence-corrected chi connectivity index (χ2v) is 6.14. The van der Waals surface area contributed by atoms with Crippen molar-refractivity contribution in [3.8, 4) is 0 Å². The summed E-state index contributed by atoms with van der Waals surface area (Å²) in [6.45, 7) is 1.65. The van der Waals surface area contributed by atoms with Crippen LogP contribution in [0.1, 0.15) is 25.5 Å². The molecule has 1 aliphatic rings. The van der Waals surface area contributed by atoms with Crippen LogP contribution in [-0.4, -0.2) is 73.6 Å². The highest BCUT2D eigenvalue weighted by Crippen LogP contribution is 2.19. The number of aliphatic hydroxyl groups excluding tert-OH is 1. The number of nitrogens with one attached hydrogen (secondary N) is 2. The van der Waals surface area contributed by atoms with Crippen LogP contribution in [0.4, 0.5) is 0 Å².